The van der Waals surface area contributed by atoms with Gasteiger partial charge in [-0.2, -0.15) is 0 Å². The van der Waals surface area contributed by atoms with Gasteiger partial charge in [0.1, 0.15) is 11.6 Å². The number of hydrogen-bond donors (Lipinski definition) is 1. The lowest BCUT2D eigenvalue weighted by Crippen LogP contribution is -2.01. The van der Waals surface area contributed by atoms with Crippen molar-refractivity contribution in [3.8, 4) is 11.4 Å². The number of rotatable bonds is 3. The summed E-state index contributed by atoms with van der Waals surface area (Å²) in [6.45, 7) is 8.49. The number of nitrogens with zero attached hydrogens (tertiary/aromatic N) is 2. The van der Waals surface area contributed by atoms with E-state index in [1.165, 1.54) is 18.3 Å². The van der Waals surface area contributed by atoms with Gasteiger partial charge in [-0.05, 0) is 44.3 Å². The molecule has 0 bridgehead atoms. The average molecular weight is 323 g/mol. The zero-order chi connectivity index (χ0) is 17.5. The van der Waals surface area contributed by atoms with E-state index in [2.05, 4.69) is 16.1 Å². The SMILES string of the molecule is C/C=C\N.C=C(C)Cn1c(-c2cccc(F)c2)nc2ccccc21. The van der Waals surface area contributed by atoms with Crippen LogP contribution >= 0.6 is 0 Å². The molecule has 3 nitrogen and oxygen atoms in total. The maximum Gasteiger partial charge on any atom is 0.141 e. The summed E-state index contributed by atoms with van der Waals surface area (Å²) < 4.78 is 15.5. The fourth-order valence-corrected chi connectivity index (χ4v) is 2.35. The van der Waals surface area contributed by atoms with E-state index in [1.807, 2.05) is 44.2 Å². The molecule has 2 aromatic carbocycles. The van der Waals surface area contributed by atoms with Crippen molar-refractivity contribution < 1.29 is 4.39 Å². The maximum absolute atomic E-state index is 13.4. The highest BCUT2D eigenvalue weighted by atomic mass is 19.1. The Labute approximate surface area is 141 Å². The van der Waals surface area contributed by atoms with Crippen LogP contribution in [0.25, 0.3) is 22.4 Å². The number of benzene rings is 2. The van der Waals surface area contributed by atoms with Crippen molar-refractivity contribution in [3.05, 3.63) is 78.8 Å². The molecule has 1 aromatic heterocycles. The molecule has 3 rings (SSSR count). The molecule has 24 heavy (non-hydrogen) atoms. The smallest absolute Gasteiger partial charge is 0.141 e. The largest absolute Gasteiger partial charge is 0.405 e. The fraction of sp³-hybridized carbons (Fsp3) is 0.150. The summed E-state index contributed by atoms with van der Waals surface area (Å²) >= 11 is 0. The van der Waals surface area contributed by atoms with E-state index >= 15 is 0 Å². The first-order valence-corrected chi connectivity index (χ1v) is 7.75. The summed E-state index contributed by atoms with van der Waals surface area (Å²) in [6.07, 6.45) is 3.28. The quantitative estimate of drug-likeness (QED) is 0.697. The second-order valence-electron chi connectivity index (χ2n) is 5.50. The number of fused-ring (bicyclic) bond motifs is 1. The number of allylic oxidation sites excluding steroid dienone is 2. The average Bonchev–Trinajstić information content (AvgIpc) is 2.93. The highest BCUT2D eigenvalue weighted by Crippen LogP contribution is 2.26. The summed E-state index contributed by atoms with van der Waals surface area (Å²) in [5, 5.41) is 0. The molecule has 0 amide bonds. The monoisotopic (exact) mass is 323 g/mol. The Morgan fingerprint density at radius 3 is 2.58 bits per heavy atom. The van der Waals surface area contributed by atoms with Gasteiger partial charge in [0.2, 0.25) is 0 Å². The van der Waals surface area contributed by atoms with E-state index in [0.29, 0.717) is 6.54 Å². The Bertz CT molecular complexity index is 858. The van der Waals surface area contributed by atoms with Crippen LogP contribution in [0.15, 0.2) is 73.0 Å². The van der Waals surface area contributed by atoms with Crippen LogP contribution < -0.4 is 5.73 Å². The maximum atomic E-state index is 13.4. The molecule has 0 radical (unpaired) electrons. The number of imidazole rings is 1. The second-order valence-corrected chi connectivity index (χ2v) is 5.50. The van der Waals surface area contributed by atoms with Crippen LogP contribution in [0.1, 0.15) is 13.8 Å². The van der Waals surface area contributed by atoms with Crippen LogP contribution in [0.2, 0.25) is 0 Å². The standard InChI is InChI=1S/C17H15FN2.C3H7N/c1-12(2)11-20-16-9-4-3-8-15(16)19-17(20)13-6-5-7-14(18)10-13;1-2-3-4/h3-10H,1,11H2,2H3;2-3H,4H2,1H3/b;3-2-. The molecule has 0 saturated heterocycles. The van der Waals surface area contributed by atoms with Gasteiger partial charge in [-0.15, -0.1) is 0 Å². The van der Waals surface area contributed by atoms with Crippen LogP contribution in [-0.4, -0.2) is 9.55 Å². The van der Waals surface area contributed by atoms with Gasteiger partial charge in [-0.1, -0.05) is 42.5 Å². The van der Waals surface area contributed by atoms with Crippen molar-refractivity contribution in [2.75, 3.05) is 0 Å². The van der Waals surface area contributed by atoms with Gasteiger partial charge in [0.05, 0.1) is 11.0 Å². The minimum absolute atomic E-state index is 0.253. The Balaban J connectivity index is 0.000000471. The third kappa shape index (κ3) is 4.10. The van der Waals surface area contributed by atoms with Gasteiger partial charge in [0.15, 0.2) is 0 Å². The molecule has 124 valence electrons. The fourth-order valence-electron chi connectivity index (χ4n) is 2.35. The summed E-state index contributed by atoms with van der Waals surface area (Å²) in [6, 6.07) is 14.4. The number of hydrogen-bond acceptors (Lipinski definition) is 2. The van der Waals surface area contributed by atoms with Gasteiger partial charge >= 0.3 is 0 Å². The van der Waals surface area contributed by atoms with Crippen molar-refractivity contribution in [1.82, 2.24) is 9.55 Å². The van der Waals surface area contributed by atoms with Gasteiger partial charge in [-0.3, -0.25) is 0 Å². The Morgan fingerprint density at radius 2 is 1.96 bits per heavy atom. The van der Waals surface area contributed by atoms with Crippen LogP contribution in [-0.2, 0) is 6.54 Å². The Hall–Kier alpha value is -2.88. The zero-order valence-electron chi connectivity index (χ0n) is 14.0. The topological polar surface area (TPSA) is 43.8 Å². The normalized spacial score (nSPS) is 10.6. The molecule has 3 aromatic rings. The van der Waals surface area contributed by atoms with E-state index in [0.717, 1.165) is 28.0 Å². The number of para-hydroxylation sites is 2. The molecule has 0 saturated carbocycles. The van der Waals surface area contributed by atoms with Crippen molar-refractivity contribution in [2.45, 2.75) is 20.4 Å². The first-order valence-electron chi connectivity index (χ1n) is 7.75. The van der Waals surface area contributed by atoms with E-state index < -0.39 is 0 Å². The summed E-state index contributed by atoms with van der Waals surface area (Å²) in [7, 11) is 0. The predicted molar refractivity (Wildman–Crippen MR) is 98.9 cm³/mol. The van der Waals surface area contributed by atoms with Crippen molar-refractivity contribution >= 4 is 11.0 Å². The number of halogens is 1. The summed E-state index contributed by atoms with van der Waals surface area (Å²) in [4.78, 5) is 4.63. The van der Waals surface area contributed by atoms with Crippen LogP contribution in [0, 0.1) is 5.82 Å². The molecule has 2 N–H and O–H groups in total. The minimum atomic E-state index is -0.253. The van der Waals surface area contributed by atoms with Crippen molar-refractivity contribution in [1.29, 1.82) is 0 Å². The van der Waals surface area contributed by atoms with Crippen LogP contribution in [0.4, 0.5) is 4.39 Å². The molecule has 0 aliphatic rings. The van der Waals surface area contributed by atoms with Gasteiger partial charge in [-0.25, -0.2) is 9.37 Å². The molecule has 1 heterocycles. The third-order valence-electron chi connectivity index (χ3n) is 3.36. The zero-order valence-corrected chi connectivity index (χ0v) is 14.0. The van der Waals surface area contributed by atoms with Crippen molar-refractivity contribution in [2.24, 2.45) is 5.73 Å². The van der Waals surface area contributed by atoms with E-state index in [1.54, 1.807) is 12.1 Å². The molecule has 4 heteroatoms. The molecule has 0 unspecified atom stereocenters. The van der Waals surface area contributed by atoms with E-state index in [-0.39, 0.29) is 5.82 Å². The lowest BCUT2D eigenvalue weighted by Gasteiger charge is -2.09. The predicted octanol–water partition coefficient (Wildman–Crippen LogP) is 4.90. The second kappa shape index (κ2) is 8.11. The van der Waals surface area contributed by atoms with Gasteiger partial charge in [0.25, 0.3) is 0 Å². The Morgan fingerprint density at radius 1 is 1.25 bits per heavy atom. The molecule has 0 fully saturated rings. The summed E-state index contributed by atoms with van der Waals surface area (Å²) in [5.41, 5.74) is 8.61. The minimum Gasteiger partial charge on any atom is -0.405 e. The highest BCUT2D eigenvalue weighted by Gasteiger charge is 2.12. The molecule has 0 spiro atoms. The summed E-state index contributed by atoms with van der Waals surface area (Å²) in [5.74, 6) is 0.519. The van der Waals surface area contributed by atoms with Gasteiger partial charge < -0.3 is 10.3 Å². The lowest BCUT2D eigenvalue weighted by molar-refractivity contribution is 0.628. The first kappa shape index (κ1) is 17.5. The Kier molecular flexibility index (Phi) is 5.90. The molecule has 0 atom stereocenters. The van der Waals surface area contributed by atoms with Crippen LogP contribution in [0.5, 0.6) is 0 Å². The molecule has 0 aliphatic heterocycles. The first-order chi connectivity index (χ1) is 11.6. The van der Waals surface area contributed by atoms with E-state index in [9.17, 15) is 4.39 Å². The van der Waals surface area contributed by atoms with Gasteiger partial charge in [0, 0.05) is 12.1 Å². The molecule has 0 aliphatic carbocycles. The lowest BCUT2D eigenvalue weighted by atomic mass is 10.2. The van der Waals surface area contributed by atoms with E-state index in [4.69, 9.17) is 5.73 Å². The highest BCUT2D eigenvalue weighted by molar-refractivity contribution is 5.80. The molecular weight excluding hydrogens is 301 g/mol. The third-order valence-corrected chi connectivity index (χ3v) is 3.36. The molecular formula is C20H22FN3. The van der Waals surface area contributed by atoms with Crippen LogP contribution in [0.3, 0.4) is 0 Å². The number of aromatic nitrogens is 2. The number of nitrogens with two attached hydrogens (primary N) is 1. The van der Waals surface area contributed by atoms with Crippen molar-refractivity contribution in [3.63, 3.8) is 0 Å².